The summed E-state index contributed by atoms with van der Waals surface area (Å²) < 4.78 is 0. The highest BCUT2D eigenvalue weighted by Crippen LogP contribution is 2.32. The SMILES string of the molecule is OC1CCN(c2ccccc2C2CCCN2)CC1. The van der Waals surface area contributed by atoms with Gasteiger partial charge in [-0.05, 0) is 43.9 Å². The minimum atomic E-state index is -0.0991. The summed E-state index contributed by atoms with van der Waals surface area (Å²) in [5.41, 5.74) is 2.80. The van der Waals surface area contributed by atoms with Gasteiger partial charge < -0.3 is 15.3 Å². The number of rotatable bonds is 2. The zero-order valence-corrected chi connectivity index (χ0v) is 10.8. The number of hydrogen-bond acceptors (Lipinski definition) is 3. The Bertz CT molecular complexity index is 393. The Labute approximate surface area is 109 Å². The fourth-order valence-corrected chi connectivity index (χ4v) is 3.13. The lowest BCUT2D eigenvalue weighted by Crippen LogP contribution is -2.36. The third-order valence-electron chi connectivity index (χ3n) is 4.18. The smallest absolute Gasteiger partial charge is 0.0574 e. The van der Waals surface area contributed by atoms with Crippen LogP contribution >= 0.6 is 0 Å². The van der Waals surface area contributed by atoms with Crippen LogP contribution in [-0.2, 0) is 0 Å². The van der Waals surface area contributed by atoms with Gasteiger partial charge in [0.05, 0.1) is 6.10 Å². The van der Waals surface area contributed by atoms with Crippen molar-refractivity contribution in [2.75, 3.05) is 24.5 Å². The molecule has 1 atom stereocenters. The monoisotopic (exact) mass is 246 g/mol. The first kappa shape index (κ1) is 12.0. The summed E-state index contributed by atoms with van der Waals surface area (Å²) in [5, 5.41) is 13.2. The van der Waals surface area contributed by atoms with E-state index >= 15 is 0 Å². The summed E-state index contributed by atoms with van der Waals surface area (Å²) in [7, 11) is 0. The molecule has 98 valence electrons. The van der Waals surface area contributed by atoms with E-state index in [1.165, 1.54) is 24.1 Å². The molecular formula is C15H22N2O. The van der Waals surface area contributed by atoms with Gasteiger partial charge in [0.25, 0.3) is 0 Å². The molecule has 3 rings (SSSR count). The second-order valence-corrected chi connectivity index (χ2v) is 5.43. The first-order valence-corrected chi connectivity index (χ1v) is 7.10. The maximum absolute atomic E-state index is 9.62. The van der Waals surface area contributed by atoms with Crippen LogP contribution in [0, 0.1) is 0 Å². The molecule has 2 heterocycles. The Morgan fingerprint density at radius 1 is 1.11 bits per heavy atom. The van der Waals surface area contributed by atoms with Gasteiger partial charge in [-0.15, -0.1) is 0 Å². The molecule has 0 spiro atoms. The molecule has 2 saturated heterocycles. The fourth-order valence-electron chi connectivity index (χ4n) is 3.13. The Balaban J connectivity index is 1.82. The first-order valence-electron chi connectivity index (χ1n) is 7.10. The fraction of sp³-hybridized carbons (Fsp3) is 0.600. The molecule has 2 N–H and O–H groups in total. The predicted molar refractivity (Wildman–Crippen MR) is 73.9 cm³/mol. The van der Waals surface area contributed by atoms with Crippen molar-refractivity contribution in [3.05, 3.63) is 29.8 Å². The number of nitrogens with one attached hydrogen (secondary N) is 1. The van der Waals surface area contributed by atoms with Gasteiger partial charge in [-0.2, -0.15) is 0 Å². The van der Waals surface area contributed by atoms with E-state index < -0.39 is 0 Å². The third-order valence-corrected chi connectivity index (χ3v) is 4.18. The van der Waals surface area contributed by atoms with Crippen LogP contribution in [-0.4, -0.2) is 30.8 Å². The Kier molecular flexibility index (Phi) is 3.52. The van der Waals surface area contributed by atoms with E-state index in [0.717, 1.165) is 32.5 Å². The lowest BCUT2D eigenvalue weighted by atomic mass is 10.00. The number of anilines is 1. The van der Waals surface area contributed by atoms with Gasteiger partial charge in [-0.3, -0.25) is 0 Å². The first-order chi connectivity index (χ1) is 8.84. The highest BCUT2D eigenvalue weighted by Gasteiger charge is 2.23. The van der Waals surface area contributed by atoms with Crippen molar-refractivity contribution in [1.29, 1.82) is 0 Å². The van der Waals surface area contributed by atoms with Crippen LogP contribution in [0.1, 0.15) is 37.3 Å². The van der Waals surface area contributed by atoms with Crippen LogP contribution in [0.2, 0.25) is 0 Å². The van der Waals surface area contributed by atoms with Crippen molar-refractivity contribution in [3.8, 4) is 0 Å². The summed E-state index contributed by atoms with van der Waals surface area (Å²) in [6, 6.07) is 9.26. The molecule has 0 saturated carbocycles. The highest BCUT2D eigenvalue weighted by molar-refractivity contribution is 5.55. The summed E-state index contributed by atoms with van der Waals surface area (Å²) in [6.45, 7) is 3.09. The van der Waals surface area contributed by atoms with Gasteiger partial charge >= 0.3 is 0 Å². The van der Waals surface area contributed by atoms with Crippen LogP contribution in [0.25, 0.3) is 0 Å². The normalized spacial score (nSPS) is 25.6. The standard InChI is InChI=1S/C15H22N2O/c18-12-7-10-17(11-8-12)15-6-2-1-4-13(15)14-5-3-9-16-14/h1-2,4,6,12,14,16,18H,3,5,7-11H2. The highest BCUT2D eigenvalue weighted by atomic mass is 16.3. The number of nitrogens with zero attached hydrogens (tertiary/aromatic N) is 1. The molecule has 2 aliphatic rings. The van der Waals surface area contributed by atoms with Crippen molar-refractivity contribution >= 4 is 5.69 Å². The number of hydrogen-bond donors (Lipinski definition) is 2. The molecule has 0 amide bonds. The number of piperidine rings is 1. The molecule has 1 aromatic carbocycles. The number of benzene rings is 1. The van der Waals surface area contributed by atoms with Gasteiger partial charge in [0.1, 0.15) is 0 Å². The minimum Gasteiger partial charge on any atom is -0.393 e. The summed E-state index contributed by atoms with van der Waals surface area (Å²) in [5.74, 6) is 0. The molecule has 0 aromatic heterocycles. The lowest BCUT2D eigenvalue weighted by molar-refractivity contribution is 0.145. The number of para-hydroxylation sites is 1. The molecule has 0 radical (unpaired) electrons. The Morgan fingerprint density at radius 3 is 2.61 bits per heavy atom. The number of aliphatic hydroxyl groups excluding tert-OH is 1. The minimum absolute atomic E-state index is 0.0991. The van der Waals surface area contributed by atoms with E-state index in [0.29, 0.717) is 6.04 Å². The van der Waals surface area contributed by atoms with Gasteiger partial charge in [0.2, 0.25) is 0 Å². The van der Waals surface area contributed by atoms with E-state index in [1.807, 2.05) is 0 Å². The molecule has 2 aliphatic heterocycles. The van der Waals surface area contributed by atoms with Gasteiger partial charge in [-0.1, -0.05) is 18.2 Å². The quantitative estimate of drug-likeness (QED) is 0.838. The molecule has 3 heteroatoms. The van der Waals surface area contributed by atoms with Crippen LogP contribution < -0.4 is 10.2 Å². The number of aliphatic hydroxyl groups is 1. The molecule has 0 bridgehead atoms. The van der Waals surface area contributed by atoms with E-state index in [2.05, 4.69) is 34.5 Å². The largest absolute Gasteiger partial charge is 0.393 e. The Morgan fingerprint density at radius 2 is 1.89 bits per heavy atom. The zero-order valence-electron chi connectivity index (χ0n) is 10.8. The summed E-state index contributed by atoms with van der Waals surface area (Å²) >= 11 is 0. The second-order valence-electron chi connectivity index (χ2n) is 5.43. The average molecular weight is 246 g/mol. The molecule has 3 nitrogen and oxygen atoms in total. The van der Waals surface area contributed by atoms with Gasteiger partial charge in [-0.25, -0.2) is 0 Å². The van der Waals surface area contributed by atoms with Crippen LogP contribution in [0.15, 0.2) is 24.3 Å². The molecule has 1 aromatic rings. The summed E-state index contributed by atoms with van der Waals surface area (Å²) in [4.78, 5) is 2.43. The molecule has 1 unspecified atom stereocenters. The van der Waals surface area contributed by atoms with E-state index in [4.69, 9.17) is 0 Å². The Hall–Kier alpha value is -1.06. The van der Waals surface area contributed by atoms with Crippen LogP contribution in [0.3, 0.4) is 0 Å². The maximum atomic E-state index is 9.62. The lowest BCUT2D eigenvalue weighted by Gasteiger charge is -2.33. The maximum Gasteiger partial charge on any atom is 0.0574 e. The van der Waals surface area contributed by atoms with Gasteiger partial charge in [0, 0.05) is 24.8 Å². The van der Waals surface area contributed by atoms with E-state index in [9.17, 15) is 5.11 Å². The molecular weight excluding hydrogens is 224 g/mol. The topological polar surface area (TPSA) is 35.5 Å². The van der Waals surface area contributed by atoms with E-state index in [1.54, 1.807) is 0 Å². The molecule has 18 heavy (non-hydrogen) atoms. The molecule has 2 fully saturated rings. The van der Waals surface area contributed by atoms with Crippen molar-refractivity contribution in [2.45, 2.75) is 37.8 Å². The second kappa shape index (κ2) is 5.29. The van der Waals surface area contributed by atoms with E-state index in [-0.39, 0.29) is 6.10 Å². The summed E-state index contributed by atoms with van der Waals surface area (Å²) in [6.07, 6.45) is 4.21. The van der Waals surface area contributed by atoms with Crippen molar-refractivity contribution in [2.24, 2.45) is 0 Å². The van der Waals surface area contributed by atoms with Crippen molar-refractivity contribution in [3.63, 3.8) is 0 Å². The van der Waals surface area contributed by atoms with Crippen LogP contribution in [0.4, 0.5) is 5.69 Å². The zero-order chi connectivity index (χ0) is 12.4. The van der Waals surface area contributed by atoms with Crippen molar-refractivity contribution in [1.82, 2.24) is 5.32 Å². The molecule has 0 aliphatic carbocycles. The van der Waals surface area contributed by atoms with Crippen LogP contribution in [0.5, 0.6) is 0 Å². The third kappa shape index (κ3) is 2.38. The predicted octanol–water partition coefficient (Wildman–Crippen LogP) is 2.07. The van der Waals surface area contributed by atoms with Crippen molar-refractivity contribution < 1.29 is 5.11 Å². The van der Waals surface area contributed by atoms with Gasteiger partial charge in [0.15, 0.2) is 0 Å². The average Bonchev–Trinajstić information content (AvgIpc) is 2.93.